The molecule has 2 aliphatic heterocycles. The number of aromatic nitrogens is 4. The van der Waals surface area contributed by atoms with E-state index in [9.17, 15) is 14.0 Å². The topological polar surface area (TPSA) is 126 Å². The number of urea groups is 1. The van der Waals surface area contributed by atoms with Crippen LogP contribution in [0.4, 0.5) is 25.6 Å². The Morgan fingerprint density at radius 2 is 1.92 bits per heavy atom. The molecule has 0 radical (unpaired) electrons. The van der Waals surface area contributed by atoms with Gasteiger partial charge < -0.3 is 29.9 Å². The fraction of sp³-hybridized carbons (Fsp3) is 0.458. The Morgan fingerprint density at radius 1 is 1.16 bits per heavy atom. The summed E-state index contributed by atoms with van der Waals surface area (Å²) in [5.41, 5.74) is 1.57. The Kier molecular flexibility index (Phi) is 6.44. The monoisotopic (exact) mass is 512 g/mol. The number of amides is 3. The molecule has 3 aromatic rings. The van der Waals surface area contributed by atoms with Crippen molar-refractivity contribution in [3.63, 3.8) is 0 Å². The van der Waals surface area contributed by atoms with E-state index in [2.05, 4.69) is 25.8 Å². The zero-order chi connectivity index (χ0) is 26.2. The number of piperazine rings is 1. The van der Waals surface area contributed by atoms with Gasteiger partial charge in [-0.1, -0.05) is 0 Å². The van der Waals surface area contributed by atoms with Gasteiger partial charge >= 0.3 is 12.1 Å². The summed E-state index contributed by atoms with van der Waals surface area (Å²) >= 11 is 0. The molecule has 1 fully saturated rings. The van der Waals surface area contributed by atoms with Crippen molar-refractivity contribution in [1.82, 2.24) is 29.4 Å². The first kappa shape index (κ1) is 24.5. The summed E-state index contributed by atoms with van der Waals surface area (Å²) in [5.74, 6) is 0.790. The Labute approximate surface area is 212 Å². The SMILES string of the molecule is CC(C)(C)OC(=O)N1CCN(C(=O)Nc2cnc(NCc3c(F)ccc4c3CCO4)n3cnnc23)CC1. The van der Waals surface area contributed by atoms with Gasteiger partial charge in [0.05, 0.1) is 12.8 Å². The van der Waals surface area contributed by atoms with Crippen LogP contribution in [-0.2, 0) is 17.7 Å². The number of hydrogen-bond acceptors (Lipinski definition) is 8. The summed E-state index contributed by atoms with van der Waals surface area (Å²) in [6.45, 7) is 7.63. The Balaban J connectivity index is 1.23. The molecule has 2 N–H and O–H groups in total. The van der Waals surface area contributed by atoms with Crippen LogP contribution in [0.25, 0.3) is 5.65 Å². The van der Waals surface area contributed by atoms with Gasteiger partial charge in [-0.25, -0.2) is 23.4 Å². The van der Waals surface area contributed by atoms with Gasteiger partial charge in [0, 0.05) is 50.3 Å². The Hall–Kier alpha value is -4.16. The highest BCUT2D eigenvalue weighted by atomic mass is 19.1. The Bertz CT molecular complexity index is 1330. The minimum atomic E-state index is -0.576. The van der Waals surface area contributed by atoms with Crippen LogP contribution in [0.2, 0.25) is 0 Å². The van der Waals surface area contributed by atoms with E-state index in [-0.39, 0.29) is 18.4 Å². The van der Waals surface area contributed by atoms with Crippen LogP contribution in [0.5, 0.6) is 5.75 Å². The minimum Gasteiger partial charge on any atom is -0.493 e. The van der Waals surface area contributed by atoms with E-state index in [0.29, 0.717) is 67.8 Å². The maximum atomic E-state index is 14.5. The highest BCUT2D eigenvalue weighted by Crippen LogP contribution is 2.30. The quantitative estimate of drug-likeness (QED) is 0.547. The largest absolute Gasteiger partial charge is 0.493 e. The maximum absolute atomic E-state index is 14.5. The molecule has 0 bridgehead atoms. The van der Waals surface area contributed by atoms with Gasteiger partial charge in [0.1, 0.15) is 29.2 Å². The first-order valence-electron chi connectivity index (χ1n) is 12.1. The number of carbonyl (C=O) groups is 2. The summed E-state index contributed by atoms with van der Waals surface area (Å²) in [7, 11) is 0. The minimum absolute atomic E-state index is 0.201. The lowest BCUT2D eigenvalue weighted by Gasteiger charge is -2.35. The molecule has 1 saturated heterocycles. The van der Waals surface area contributed by atoms with Crippen LogP contribution in [0.1, 0.15) is 31.9 Å². The van der Waals surface area contributed by atoms with Crippen molar-refractivity contribution in [3.05, 3.63) is 41.6 Å². The zero-order valence-corrected chi connectivity index (χ0v) is 21.0. The first-order chi connectivity index (χ1) is 17.7. The summed E-state index contributed by atoms with van der Waals surface area (Å²) in [5, 5.41) is 14.0. The third-order valence-electron chi connectivity index (χ3n) is 6.16. The third-order valence-corrected chi connectivity index (χ3v) is 6.16. The second kappa shape index (κ2) is 9.71. The molecule has 2 aromatic heterocycles. The lowest BCUT2D eigenvalue weighted by atomic mass is 10.0. The molecule has 0 saturated carbocycles. The number of benzene rings is 1. The molecule has 2 aliphatic rings. The number of halogens is 1. The maximum Gasteiger partial charge on any atom is 0.410 e. The molecule has 0 aliphatic carbocycles. The fourth-order valence-corrected chi connectivity index (χ4v) is 4.32. The number of nitrogens with zero attached hydrogens (tertiary/aromatic N) is 6. The van der Waals surface area contributed by atoms with Gasteiger partial charge in [0.2, 0.25) is 5.95 Å². The van der Waals surface area contributed by atoms with E-state index in [4.69, 9.17) is 9.47 Å². The van der Waals surface area contributed by atoms with Gasteiger partial charge in [-0.2, -0.15) is 0 Å². The summed E-state index contributed by atoms with van der Waals surface area (Å²) in [4.78, 5) is 32.8. The third kappa shape index (κ3) is 5.20. The molecule has 37 heavy (non-hydrogen) atoms. The van der Waals surface area contributed by atoms with Crippen molar-refractivity contribution >= 4 is 29.4 Å². The van der Waals surface area contributed by atoms with Crippen molar-refractivity contribution < 1.29 is 23.5 Å². The molecular formula is C24H29FN8O4. The van der Waals surface area contributed by atoms with Crippen LogP contribution in [-0.4, -0.2) is 79.9 Å². The van der Waals surface area contributed by atoms with Crippen molar-refractivity contribution in [3.8, 4) is 5.75 Å². The van der Waals surface area contributed by atoms with E-state index in [1.54, 1.807) is 20.3 Å². The zero-order valence-electron chi connectivity index (χ0n) is 21.0. The summed E-state index contributed by atoms with van der Waals surface area (Å²) < 4.78 is 27.0. The van der Waals surface area contributed by atoms with Crippen LogP contribution in [0.15, 0.2) is 24.7 Å². The van der Waals surface area contributed by atoms with E-state index in [1.165, 1.54) is 18.6 Å². The van der Waals surface area contributed by atoms with Gasteiger partial charge in [0.25, 0.3) is 0 Å². The molecule has 0 atom stereocenters. The molecule has 0 unspecified atom stereocenters. The van der Waals surface area contributed by atoms with Gasteiger partial charge in [-0.15, -0.1) is 10.2 Å². The number of hydrogen-bond donors (Lipinski definition) is 2. The fourth-order valence-electron chi connectivity index (χ4n) is 4.32. The normalized spacial score (nSPS) is 15.4. The number of fused-ring (bicyclic) bond motifs is 2. The van der Waals surface area contributed by atoms with E-state index >= 15 is 0 Å². The van der Waals surface area contributed by atoms with Crippen molar-refractivity contribution in [2.75, 3.05) is 43.4 Å². The van der Waals surface area contributed by atoms with Crippen LogP contribution in [0.3, 0.4) is 0 Å². The second-order valence-electron chi connectivity index (χ2n) is 9.86. The highest BCUT2D eigenvalue weighted by molar-refractivity contribution is 5.93. The van der Waals surface area contributed by atoms with Crippen LogP contribution in [0, 0.1) is 5.82 Å². The summed E-state index contributed by atoms with van der Waals surface area (Å²) in [6.07, 6.45) is 3.21. The number of carbonyl (C=O) groups excluding carboxylic acids is 2. The smallest absolute Gasteiger partial charge is 0.410 e. The van der Waals surface area contributed by atoms with E-state index < -0.39 is 11.7 Å². The van der Waals surface area contributed by atoms with Crippen molar-refractivity contribution in [2.24, 2.45) is 0 Å². The predicted octanol–water partition coefficient (Wildman–Crippen LogP) is 2.90. The van der Waals surface area contributed by atoms with Crippen LogP contribution < -0.4 is 15.4 Å². The van der Waals surface area contributed by atoms with Crippen molar-refractivity contribution in [1.29, 1.82) is 0 Å². The molecule has 3 amide bonds. The van der Waals surface area contributed by atoms with Gasteiger partial charge in [-0.3, -0.25) is 0 Å². The Morgan fingerprint density at radius 3 is 2.68 bits per heavy atom. The average Bonchev–Trinajstić information content (AvgIpc) is 3.54. The van der Waals surface area contributed by atoms with Gasteiger partial charge in [-0.05, 0) is 32.9 Å². The number of nitrogens with one attached hydrogen (secondary N) is 2. The molecule has 13 heteroatoms. The lowest BCUT2D eigenvalue weighted by molar-refractivity contribution is 0.0174. The molecular weight excluding hydrogens is 483 g/mol. The van der Waals surface area contributed by atoms with E-state index in [1.807, 2.05) is 20.8 Å². The standard InChI is InChI=1S/C24H29FN8O4/c1-24(2,3)37-23(35)32-9-7-31(8-10-32)22(34)29-18-13-27-21(33-14-28-30-20(18)33)26-12-16-15-6-11-36-19(15)5-4-17(16)25/h4-5,13-14H,6-12H2,1-3H3,(H,26,27)(H,29,34). The first-order valence-corrected chi connectivity index (χ1v) is 12.1. The molecule has 12 nitrogen and oxygen atoms in total. The highest BCUT2D eigenvalue weighted by Gasteiger charge is 2.28. The lowest BCUT2D eigenvalue weighted by Crippen LogP contribution is -2.52. The number of ether oxygens (including phenoxy) is 2. The second-order valence-corrected chi connectivity index (χ2v) is 9.86. The molecule has 0 spiro atoms. The summed E-state index contributed by atoms with van der Waals surface area (Å²) in [6, 6.07) is 2.71. The van der Waals surface area contributed by atoms with Crippen LogP contribution >= 0.6 is 0 Å². The predicted molar refractivity (Wildman–Crippen MR) is 132 cm³/mol. The molecule has 1 aromatic carbocycles. The van der Waals surface area contributed by atoms with Gasteiger partial charge in [0.15, 0.2) is 5.65 Å². The number of rotatable bonds is 4. The average molecular weight is 513 g/mol. The molecule has 196 valence electrons. The molecule has 4 heterocycles. The number of anilines is 2. The van der Waals surface area contributed by atoms with E-state index in [0.717, 1.165) is 5.56 Å². The van der Waals surface area contributed by atoms with Crippen molar-refractivity contribution in [2.45, 2.75) is 39.3 Å². The molecule has 5 rings (SSSR count).